The second-order valence-corrected chi connectivity index (χ2v) is 5.54. The Morgan fingerprint density at radius 3 is 2.67 bits per heavy atom. The van der Waals surface area contributed by atoms with Crippen molar-refractivity contribution in [2.45, 2.75) is 13.0 Å². The van der Waals surface area contributed by atoms with Crippen LogP contribution in [0, 0.1) is 0 Å². The van der Waals surface area contributed by atoms with Gasteiger partial charge in [0.2, 0.25) is 5.88 Å². The number of hydrogen-bond donors (Lipinski definition) is 1. The second-order valence-electron chi connectivity index (χ2n) is 5.10. The van der Waals surface area contributed by atoms with Crippen molar-refractivity contribution in [2.24, 2.45) is 0 Å². The zero-order valence-electron chi connectivity index (χ0n) is 12.8. The van der Waals surface area contributed by atoms with Crippen molar-refractivity contribution >= 4 is 17.6 Å². The number of hydrogen-bond acceptors (Lipinski definition) is 4. The summed E-state index contributed by atoms with van der Waals surface area (Å²) in [5.41, 5.74) is 1.09. The van der Waals surface area contributed by atoms with Crippen LogP contribution in [0.1, 0.15) is 28.9 Å². The molecule has 0 saturated heterocycles. The molecule has 0 saturated carbocycles. The molecule has 0 aliphatic heterocycles. The Morgan fingerprint density at radius 1 is 1.21 bits per heavy atom. The van der Waals surface area contributed by atoms with Crippen LogP contribution in [0.3, 0.4) is 0 Å². The number of aromatic carboxylic acids is 1. The molecule has 0 aliphatic rings. The molecule has 0 radical (unpaired) electrons. The third-order valence-electron chi connectivity index (χ3n) is 3.45. The standard InChI is InChI=1S/C17H14ClN3O3/c1-11(12-2-4-14(18)5-3-12)24-16-7-9-20-21(16)15-10-13(17(22)23)6-8-19-15/h2-11H,1H3,(H,22,23). The van der Waals surface area contributed by atoms with Crippen molar-refractivity contribution in [3.8, 4) is 11.7 Å². The van der Waals surface area contributed by atoms with Crippen molar-refractivity contribution in [1.29, 1.82) is 0 Å². The summed E-state index contributed by atoms with van der Waals surface area (Å²) in [6, 6.07) is 11.9. The van der Waals surface area contributed by atoms with Gasteiger partial charge in [0.15, 0.2) is 5.82 Å². The molecule has 1 atom stereocenters. The van der Waals surface area contributed by atoms with Gasteiger partial charge in [-0.2, -0.15) is 9.78 Å². The molecule has 0 bridgehead atoms. The number of nitrogens with zero attached hydrogens (tertiary/aromatic N) is 3. The maximum atomic E-state index is 11.1. The van der Waals surface area contributed by atoms with Crippen molar-refractivity contribution in [3.05, 3.63) is 71.0 Å². The van der Waals surface area contributed by atoms with Gasteiger partial charge in [-0.25, -0.2) is 9.78 Å². The van der Waals surface area contributed by atoms with Gasteiger partial charge in [-0.3, -0.25) is 0 Å². The lowest BCUT2D eigenvalue weighted by atomic mass is 10.1. The fourth-order valence-electron chi connectivity index (χ4n) is 2.20. The average molecular weight is 344 g/mol. The number of carboxylic acids is 1. The SMILES string of the molecule is CC(Oc1ccnn1-c1cc(C(=O)O)ccn1)c1ccc(Cl)cc1. The first-order valence-corrected chi connectivity index (χ1v) is 7.58. The highest BCUT2D eigenvalue weighted by molar-refractivity contribution is 6.30. The highest BCUT2D eigenvalue weighted by atomic mass is 35.5. The molecule has 0 spiro atoms. The quantitative estimate of drug-likeness (QED) is 0.763. The van der Waals surface area contributed by atoms with Gasteiger partial charge in [0.05, 0.1) is 11.8 Å². The Kier molecular flexibility index (Phi) is 4.48. The lowest BCUT2D eigenvalue weighted by Crippen LogP contribution is -2.09. The van der Waals surface area contributed by atoms with Crippen LogP contribution in [0.2, 0.25) is 5.02 Å². The molecule has 122 valence electrons. The number of carbonyl (C=O) groups is 1. The van der Waals surface area contributed by atoms with Crippen LogP contribution in [-0.4, -0.2) is 25.8 Å². The summed E-state index contributed by atoms with van der Waals surface area (Å²) in [5, 5.41) is 13.9. The number of benzene rings is 1. The molecule has 0 amide bonds. The van der Waals surface area contributed by atoms with E-state index in [1.165, 1.54) is 23.0 Å². The van der Waals surface area contributed by atoms with Gasteiger partial charge in [0, 0.05) is 17.3 Å². The summed E-state index contributed by atoms with van der Waals surface area (Å²) in [7, 11) is 0. The Morgan fingerprint density at radius 2 is 1.96 bits per heavy atom. The van der Waals surface area contributed by atoms with Crippen molar-refractivity contribution in [3.63, 3.8) is 0 Å². The summed E-state index contributed by atoms with van der Waals surface area (Å²) < 4.78 is 7.39. The minimum atomic E-state index is -1.03. The number of pyridine rings is 1. The van der Waals surface area contributed by atoms with Gasteiger partial charge in [0.25, 0.3) is 0 Å². The van der Waals surface area contributed by atoms with Crippen LogP contribution in [0.4, 0.5) is 0 Å². The number of halogens is 1. The minimum absolute atomic E-state index is 0.132. The van der Waals surface area contributed by atoms with Crippen molar-refractivity contribution in [1.82, 2.24) is 14.8 Å². The number of carboxylic acid groups (broad SMARTS) is 1. The average Bonchev–Trinajstić information content (AvgIpc) is 3.03. The van der Waals surface area contributed by atoms with Gasteiger partial charge in [-0.05, 0) is 36.8 Å². The summed E-state index contributed by atoms with van der Waals surface area (Å²) in [5.74, 6) is -0.187. The molecular weight excluding hydrogens is 330 g/mol. The first kappa shape index (κ1) is 16.0. The molecule has 24 heavy (non-hydrogen) atoms. The molecule has 3 aromatic rings. The van der Waals surface area contributed by atoms with E-state index < -0.39 is 5.97 Å². The Labute approximate surface area is 143 Å². The lowest BCUT2D eigenvalue weighted by Gasteiger charge is -2.16. The first-order valence-electron chi connectivity index (χ1n) is 7.20. The monoisotopic (exact) mass is 343 g/mol. The maximum Gasteiger partial charge on any atom is 0.335 e. The highest BCUT2D eigenvalue weighted by Crippen LogP contribution is 2.24. The fraction of sp³-hybridized carbons (Fsp3) is 0.118. The molecule has 1 unspecified atom stereocenters. The van der Waals surface area contributed by atoms with E-state index >= 15 is 0 Å². The molecule has 6 nitrogen and oxygen atoms in total. The van der Waals surface area contributed by atoms with E-state index in [-0.39, 0.29) is 11.7 Å². The third-order valence-corrected chi connectivity index (χ3v) is 3.71. The molecule has 1 N–H and O–H groups in total. The van der Waals surface area contributed by atoms with Crippen LogP contribution < -0.4 is 4.74 Å². The van der Waals surface area contributed by atoms with Crippen LogP contribution in [-0.2, 0) is 0 Å². The molecule has 7 heteroatoms. The molecule has 2 heterocycles. The molecule has 2 aromatic heterocycles. The molecule has 3 rings (SSSR count). The topological polar surface area (TPSA) is 77.2 Å². The Hall–Kier alpha value is -2.86. The Bertz CT molecular complexity index is 862. The summed E-state index contributed by atoms with van der Waals surface area (Å²) in [6.45, 7) is 1.90. The maximum absolute atomic E-state index is 11.1. The molecule has 0 fully saturated rings. The van der Waals surface area contributed by atoms with Gasteiger partial charge in [-0.15, -0.1) is 0 Å². The molecule has 1 aromatic carbocycles. The van der Waals surface area contributed by atoms with Crippen molar-refractivity contribution in [2.75, 3.05) is 0 Å². The van der Waals surface area contributed by atoms with Gasteiger partial charge in [0.1, 0.15) is 6.10 Å². The normalized spacial score (nSPS) is 11.9. The summed E-state index contributed by atoms with van der Waals surface area (Å²) >= 11 is 5.89. The smallest absolute Gasteiger partial charge is 0.335 e. The van der Waals surface area contributed by atoms with Crippen molar-refractivity contribution < 1.29 is 14.6 Å². The van der Waals surface area contributed by atoms with E-state index in [9.17, 15) is 4.79 Å². The van der Waals surface area contributed by atoms with E-state index in [0.29, 0.717) is 16.7 Å². The van der Waals surface area contributed by atoms with E-state index in [4.69, 9.17) is 21.4 Å². The molecule has 0 aliphatic carbocycles. The van der Waals surface area contributed by atoms with Crippen LogP contribution in [0.25, 0.3) is 5.82 Å². The fourth-order valence-corrected chi connectivity index (χ4v) is 2.33. The van der Waals surface area contributed by atoms with Gasteiger partial charge < -0.3 is 9.84 Å². The second kappa shape index (κ2) is 6.72. The largest absolute Gasteiger partial charge is 0.478 e. The summed E-state index contributed by atoms with van der Waals surface area (Å²) in [4.78, 5) is 15.3. The highest BCUT2D eigenvalue weighted by Gasteiger charge is 2.14. The van der Waals surface area contributed by atoms with Crippen LogP contribution >= 0.6 is 11.6 Å². The number of ether oxygens (including phenoxy) is 1. The van der Waals surface area contributed by atoms with Gasteiger partial charge >= 0.3 is 5.97 Å². The predicted molar refractivity (Wildman–Crippen MR) is 88.8 cm³/mol. The third kappa shape index (κ3) is 3.38. The zero-order valence-corrected chi connectivity index (χ0v) is 13.5. The van der Waals surface area contributed by atoms with Gasteiger partial charge in [-0.1, -0.05) is 23.7 Å². The minimum Gasteiger partial charge on any atom is -0.478 e. The number of rotatable bonds is 5. The van der Waals surface area contributed by atoms with E-state index in [1.807, 2.05) is 19.1 Å². The van der Waals surface area contributed by atoms with E-state index in [1.54, 1.807) is 24.4 Å². The van der Waals surface area contributed by atoms with E-state index in [0.717, 1.165) is 5.56 Å². The van der Waals surface area contributed by atoms with E-state index in [2.05, 4.69) is 10.1 Å². The Balaban J connectivity index is 1.86. The predicted octanol–water partition coefficient (Wildman–Crippen LogP) is 3.76. The van der Waals surface area contributed by atoms with Crippen LogP contribution in [0.5, 0.6) is 5.88 Å². The first-order chi connectivity index (χ1) is 11.5. The summed E-state index contributed by atoms with van der Waals surface area (Å²) in [6.07, 6.45) is 2.76. The molecular formula is C17H14ClN3O3. The number of aromatic nitrogens is 3. The van der Waals surface area contributed by atoms with Crippen LogP contribution in [0.15, 0.2) is 54.9 Å². The zero-order chi connectivity index (χ0) is 17.1. The lowest BCUT2D eigenvalue weighted by molar-refractivity contribution is 0.0696.